The van der Waals surface area contributed by atoms with Crippen molar-refractivity contribution in [2.75, 3.05) is 13.6 Å². The minimum atomic E-state index is 0.864. The summed E-state index contributed by atoms with van der Waals surface area (Å²) in [7, 11) is 4.15. The number of hydrogen-bond acceptors (Lipinski definition) is 4. The molecule has 0 aliphatic carbocycles. The third kappa shape index (κ3) is 3.40. The predicted molar refractivity (Wildman–Crippen MR) is 85.1 cm³/mol. The molecule has 0 unspecified atom stereocenters. The maximum atomic E-state index is 4.38. The monoisotopic (exact) mass is 301 g/mol. The lowest BCUT2D eigenvalue weighted by Crippen LogP contribution is -2.22. The molecule has 0 aliphatic rings. The van der Waals surface area contributed by atoms with Gasteiger partial charge < -0.3 is 9.47 Å². The van der Waals surface area contributed by atoms with Gasteiger partial charge in [-0.25, -0.2) is 4.98 Å². The lowest BCUT2D eigenvalue weighted by molar-refractivity contribution is 0.323. The van der Waals surface area contributed by atoms with Crippen LogP contribution in [-0.4, -0.2) is 38.2 Å². The fraction of sp³-hybridized carbons (Fsp3) is 0.333. The van der Waals surface area contributed by atoms with Gasteiger partial charge in [0.25, 0.3) is 0 Å². The average molecular weight is 301 g/mol. The van der Waals surface area contributed by atoms with Gasteiger partial charge in [-0.3, -0.25) is 5.10 Å². The van der Waals surface area contributed by atoms with Crippen LogP contribution in [0.2, 0.25) is 0 Å². The van der Waals surface area contributed by atoms with Crippen LogP contribution in [0.1, 0.15) is 11.5 Å². The summed E-state index contributed by atoms with van der Waals surface area (Å²) in [5, 5.41) is 9.57. The lowest BCUT2D eigenvalue weighted by atomic mass is 10.3. The van der Waals surface area contributed by atoms with Gasteiger partial charge in [-0.2, -0.15) is 5.10 Å². The second-order valence-corrected chi connectivity index (χ2v) is 6.15. The molecule has 3 aromatic rings. The zero-order valence-electron chi connectivity index (χ0n) is 12.3. The number of nitrogens with one attached hydrogen (secondary N) is 1. The van der Waals surface area contributed by atoms with Crippen LogP contribution in [-0.2, 0) is 20.0 Å². The summed E-state index contributed by atoms with van der Waals surface area (Å²) in [4.78, 5) is 7.83. The number of likely N-dealkylation sites (N-methyl/N-ethyl adjacent to an activating group) is 1. The van der Waals surface area contributed by atoms with Crippen LogP contribution in [0.25, 0.3) is 10.6 Å². The molecule has 1 N–H and O–H groups in total. The molecular weight excluding hydrogens is 282 g/mol. The van der Waals surface area contributed by atoms with E-state index >= 15 is 0 Å². The highest BCUT2D eigenvalue weighted by molar-refractivity contribution is 7.13. The normalized spacial score (nSPS) is 11.4. The van der Waals surface area contributed by atoms with E-state index < -0.39 is 0 Å². The molecule has 0 radical (unpaired) electrons. The van der Waals surface area contributed by atoms with Crippen molar-refractivity contribution in [1.82, 2.24) is 24.6 Å². The second-order valence-electron chi connectivity index (χ2n) is 5.20. The van der Waals surface area contributed by atoms with Gasteiger partial charge in [-0.05, 0) is 24.6 Å². The molecule has 110 valence electrons. The van der Waals surface area contributed by atoms with E-state index in [0.717, 1.165) is 36.7 Å². The number of rotatable bonds is 6. The van der Waals surface area contributed by atoms with Gasteiger partial charge >= 0.3 is 0 Å². The molecule has 0 aliphatic heterocycles. The molecule has 5 nitrogen and oxygen atoms in total. The molecule has 0 bridgehead atoms. The number of imidazole rings is 1. The van der Waals surface area contributed by atoms with Crippen LogP contribution in [0.3, 0.4) is 0 Å². The summed E-state index contributed by atoms with van der Waals surface area (Å²) in [6, 6.07) is 6.27. The van der Waals surface area contributed by atoms with Crippen molar-refractivity contribution in [3.63, 3.8) is 0 Å². The lowest BCUT2D eigenvalue weighted by Gasteiger charge is -2.15. The quantitative estimate of drug-likeness (QED) is 0.761. The Bertz CT molecular complexity index is 683. The van der Waals surface area contributed by atoms with E-state index in [0.29, 0.717) is 0 Å². The topological polar surface area (TPSA) is 49.7 Å². The number of aromatic nitrogens is 4. The Hall–Kier alpha value is -1.92. The van der Waals surface area contributed by atoms with Crippen LogP contribution in [0.5, 0.6) is 0 Å². The molecule has 0 saturated carbocycles. The van der Waals surface area contributed by atoms with Crippen molar-refractivity contribution in [1.29, 1.82) is 0 Å². The van der Waals surface area contributed by atoms with E-state index in [-0.39, 0.29) is 0 Å². The highest BCUT2D eigenvalue weighted by Crippen LogP contribution is 2.23. The number of nitrogens with zero attached hydrogens (tertiary/aromatic N) is 4. The number of H-pyrrole nitrogens is 1. The average Bonchev–Trinajstić information content (AvgIpc) is 3.17. The van der Waals surface area contributed by atoms with E-state index in [9.17, 15) is 0 Å². The fourth-order valence-corrected chi connectivity index (χ4v) is 2.98. The molecule has 3 heterocycles. The van der Waals surface area contributed by atoms with Crippen molar-refractivity contribution >= 4 is 11.3 Å². The van der Waals surface area contributed by atoms with Gasteiger partial charge in [0.15, 0.2) is 0 Å². The van der Waals surface area contributed by atoms with Crippen LogP contribution >= 0.6 is 11.3 Å². The minimum Gasteiger partial charge on any atom is -0.338 e. The number of hydrogen-bond donors (Lipinski definition) is 1. The largest absolute Gasteiger partial charge is 0.338 e. The summed E-state index contributed by atoms with van der Waals surface area (Å²) >= 11 is 1.71. The zero-order valence-corrected chi connectivity index (χ0v) is 13.1. The van der Waals surface area contributed by atoms with E-state index in [4.69, 9.17) is 0 Å². The Morgan fingerprint density at radius 2 is 2.33 bits per heavy atom. The van der Waals surface area contributed by atoms with Crippen LogP contribution in [0, 0.1) is 0 Å². The van der Waals surface area contributed by atoms with Gasteiger partial charge in [-0.15, -0.1) is 11.3 Å². The first-order valence-corrected chi connectivity index (χ1v) is 7.83. The van der Waals surface area contributed by atoms with Crippen molar-refractivity contribution in [3.05, 3.63) is 47.5 Å². The molecule has 0 aromatic carbocycles. The Kier molecular flexibility index (Phi) is 4.17. The van der Waals surface area contributed by atoms with Crippen molar-refractivity contribution in [2.24, 2.45) is 7.05 Å². The molecular formula is C15H19N5S. The third-order valence-electron chi connectivity index (χ3n) is 3.48. The van der Waals surface area contributed by atoms with Crippen molar-refractivity contribution < 1.29 is 0 Å². The zero-order chi connectivity index (χ0) is 14.7. The summed E-state index contributed by atoms with van der Waals surface area (Å²) < 4.78 is 2.07. The molecule has 3 rings (SSSR count). The Labute approximate surface area is 128 Å². The predicted octanol–water partition coefficient (Wildman–Crippen LogP) is 2.55. The number of aryl methyl sites for hydroxylation is 1. The molecule has 21 heavy (non-hydrogen) atoms. The Balaban J connectivity index is 1.55. The van der Waals surface area contributed by atoms with Crippen molar-refractivity contribution in [2.45, 2.75) is 13.0 Å². The van der Waals surface area contributed by atoms with E-state index in [2.05, 4.69) is 49.2 Å². The summed E-state index contributed by atoms with van der Waals surface area (Å²) in [6.45, 7) is 1.83. The van der Waals surface area contributed by atoms with Crippen LogP contribution < -0.4 is 0 Å². The first-order chi connectivity index (χ1) is 10.2. The second kappa shape index (κ2) is 6.24. The van der Waals surface area contributed by atoms with Gasteiger partial charge in [-0.1, -0.05) is 6.07 Å². The van der Waals surface area contributed by atoms with E-state index in [1.54, 1.807) is 11.3 Å². The molecule has 6 heteroatoms. The Morgan fingerprint density at radius 1 is 1.43 bits per heavy atom. The summed E-state index contributed by atoms with van der Waals surface area (Å²) in [5.74, 6) is 1.12. The molecule has 0 atom stereocenters. The molecule has 0 saturated heterocycles. The standard InChI is InChI=1S/C15H19N5S/c1-19(7-5-15-16-6-8-20(15)2)11-12-10-13(18-17-12)14-4-3-9-21-14/h3-4,6,8-10H,5,7,11H2,1-2H3,(H,17,18). The fourth-order valence-electron chi connectivity index (χ4n) is 2.29. The minimum absolute atomic E-state index is 0.864. The molecule has 0 amide bonds. The Morgan fingerprint density at radius 3 is 3.05 bits per heavy atom. The highest BCUT2D eigenvalue weighted by Gasteiger charge is 2.08. The maximum Gasteiger partial charge on any atom is 0.109 e. The maximum absolute atomic E-state index is 4.38. The first-order valence-electron chi connectivity index (χ1n) is 6.95. The van der Waals surface area contributed by atoms with Gasteiger partial charge in [0, 0.05) is 44.6 Å². The number of thiophene rings is 1. The van der Waals surface area contributed by atoms with Gasteiger partial charge in [0.1, 0.15) is 11.5 Å². The van der Waals surface area contributed by atoms with E-state index in [1.807, 2.05) is 25.5 Å². The SMILES string of the molecule is CN(CCc1nccn1C)Cc1cc(-c2cccs2)n[nH]1. The van der Waals surface area contributed by atoms with E-state index in [1.165, 1.54) is 4.88 Å². The van der Waals surface area contributed by atoms with Gasteiger partial charge in [0.2, 0.25) is 0 Å². The van der Waals surface area contributed by atoms with Crippen LogP contribution in [0.4, 0.5) is 0 Å². The smallest absolute Gasteiger partial charge is 0.109 e. The van der Waals surface area contributed by atoms with Crippen molar-refractivity contribution in [3.8, 4) is 10.6 Å². The molecule has 0 fully saturated rings. The van der Waals surface area contributed by atoms with Crippen LogP contribution in [0.15, 0.2) is 36.0 Å². The summed E-state index contributed by atoms with van der Waals surface area (Å²) in [6.07, 6.45) is 4.78. The molecule has 0 spiro atoms. The summed E-state index contributed by atoms with van der Waals surface area (Å²) in [5.41, 5.74) is 2.17. The molecule has 3 aromatic heterocycles. The third-order valence-corrected chi connectivity index (χ3v) is 4.38. The highest BCUT2D eigenvalue weighted by atomic mass is 32.1. The van der Waals surface area contributed by atoms with Gasteiger partial charge in [0.05, 0.1) is 4.88 Å². The first kappa shape index (κ1) is 14.0. The number of aromatic amines is 1.